The normalized spacial score (nSPS) is 11.2. The molecule has 0 bridgehead atoms. The number of hydrogen-bond donors (Lipinski definition) is 1. The van der Waals surface area contributed by atoms with Crippen molar-refractivity contribution in [3.05, 3.63) is 72.8 Å². The van der Waals surface area contributed by atoms with Crippen molar-refractivity contribution in [2.24, 2.45) is 0 Å². The summed E-state index contributed by atoms with van der Waals surface area (Å²) in [6.07, 6.45) is -4.76. The lowest BCUT2D eigenvalue weighted by Gasteiger charge is -2.11. The molecule has 128 valence electrons. The molecule has 0 unspecified atom stereocenters. The molecule has 6 heteroatoms. The minimum Gasteiger partial charge on any atom is -0.507 e. The van der Waals surface area contributed by atoms with Crippen LogP contribution in [0, 0.1) is 0 Å². The highest BCUT2D eigenvalue weighted by molar-refractivity contribution is 5.71. The molecule has 0 amide bonds. The maximum absolute atomic E-state index is 12.3. The second-order valence-electron chi connectivity index (χ2n) is 5.17. The Bertz CT molecular complexity index is 876. The van der Waals surface area contributed by atoms with Crippen molar-refractivity contribution >= 4 is 0 Å². The topological polar surface area (TPSA) is 38.7 Å². The lowest BCUT2D eigenvalue weighted by Crippen LogP contribution is -2.16. The van der Waals surface area contributed by atoms with Crippen LogP contribution < -0.4 is 9.47 Å². The second kappa shape index (κ2) is 6.76. The molecule has 3 rings (SSSR count). The van der Waals surface area contributed by atoms with E-state index in [1.54, 1.807) is 48.5 Å². The number of phenols is 1. The highest BCUT2D eigenvalue weighted by Crippen LogP contribution is 2.33. The van der Waals surface area contributed by atoms with Gasteiger partial charge in [0.05, 0.1) is 0 Å². The van der Waals surface area contributed by atoms with Crippen molar-refractivity contribution in [3.63, 3.8) is 0 Å². The Morgan fingerprint density at radius 2 is 1.36 bits per heavy atom. The lowest BCUT2D eigenvalue weighted by molar-refractivity contribution is -0.274. The molecular formula is C19H13F3O3. The van der Waals surface area contributed by atoms with E-state index >= 15 is 0 Å². The number of rotatable bonds is 4. The van der Waals surface area contributed by atoms with Crippen LogP contribution in [-0.4, -0.2) is 11.5 Å². The van der Waals surface area contributed by atoms with Crippen molar-refractivity contribution in [2.75, 3.05) is 0 Å². The fourth-order valence-corrected chi connectivity index (χ4v) is 2.32. The molecule has 3 aromatic rings. The van der Waals surface area contributed by atoms with Gasteiger partial charge >= 0.3 is 6.36 Å². The molecule has 0 aliphatic carbocycles. The molecule has 0 radical (unpaired) electrons. The maximum Gasteiger partial charge on any atom is 0.573 e. The van der Waals surface area contributed by atoms with Crippen LogP contribution in [0.25, 0.3) is 11.1 Å². The number of para-hydroxylation sites is 1. The molecule has 1 N–H and O–H groups in total. The zero-order valence-electron chi connectivity index (χ0n) is 12.8. The van der Waals surface area contributed by atoms with Gasteiger partial charge in [-0.05, 0) is 35.9 Å². The van der Waals surface area contributed by atoms with E-state index in [1.807, 2.05) is 0 Å². The Kier molecular flexibility index (Phi) is 4.52. The van der Waals surface area contributed by atoms with Gasteiger partial charge in [0.2, 0.25) is 0 Å². The molecular weight excluding hydrogens is 333 g/mol. The summed E-state index contributed by atoms with van der Waals surface area (Å²) in [4.78, 5) is 0. The minimum atomic E-state index is -4.76. The Balaban J connectivity index is 1.84. The lowest BCUT2D eigenvalue weighted by atomic mass is 10.0. The van der Waals surface area contributed by atoms with E-state index in [0.717, 1.165) is 11.6 Å². The summed E-state index contributed by atoms with van der Waals surface area (Å²) in [5.74, 6) is 0.392. The fourth-order valence-electron chi connectivity index (χ4n) is 2.32. The van der Waals surface area contributed by atoms with E-state index in [0.29, 0.717) is 11.3 Å². The zero-order valence-corrected chi connectivity index (χ0v) is 12.8. The molecule has 0 spiro atoms. The summed E-state index contributed by atoms with van der Waals surface area (Å²) in [6.45, 7) is 0. The first-order valence-electron chi connectivity index (χ1n) is 7.33. The molecule has 0 aliphatic rings. The first-order chi connectivity index (χ1) is 11.9. The van der Waals surface area contributed by atoms with E-state index in [1.165, 1.54) is 18.2 Å². The van der Waals surface area contributed by atoms with Crippen molar-refractivity contribution in [1.29, 1.82) is 0 Å². The quantitative estimate of drug-likeness (QED) is 0.654. The average Bonchev–Trinajstić information content (AvgIpc) is 2.54. The molecule has 0 heterocycles. The first kappa shape index (κ1) is 16.7. The summed E-state index contributed by atoms with van der Waals surface area (Å²) < 4.78 is 46.4. The third kappa shape index (κ3) is 4.44. The number of benzene rings is 3. The maximum atomic E-state index is 12.3. The molecule has 25 heavy (non-hydrogen) atoms. The molecule has 0 saturated carbocycles. The Labute approximate surface area is 141 Å². The number of alkyl halides is 3. The monoisotopic (exact) mass is 346 g/mol. The van der Waals surface area contributed by atoms with E-state index in [4.69, 9.17) is 4.74 Å². The third-order valence-corrected chi connectivity index (χ3v) is 3.32. The number of aromatic hydroxyl groups is 1. The summed E-state index contributed by atoms with van der Waals surface area (Å²) in [5, 5.41) is 9.93. The number of halogens is 3. The van der Waals surface area contributed by atoms with E-state index in [-0.39, 0.29) is 17.2 Å². The first-order valence-corrected chi connectivity index (χ1v) is 7.33. The van der Waals surface area contributed by atoms with Crippen LogP contribution in [0.3, 0.4) is 0 Å². The minimum absolute atomic E-state index is 0.125. The van der Waals surface area contributed by atoms with E-state index < -0.39 is 6.36 Å². The molecule has 0 aromatic heterocycles. The summed E-state index contributed by atoms with van der Waals surface area (Å²) >= 11 is 0. The van der Waals surface area contributed by atoms with Crippen molar-refractivity contribution in [3.8, 4) is 34.1 Å². The van der Waals surface area contributed by atoms with Crippen LogP contribution in [-0.2, 0) is 0 Å². The van der Waals surface area contributed by atoms with Crippen LogP contribution in [0.4, 0.5) is 13.2 Å². The SMILES string of the molecule is Oc1ccccc1-c1cccc(Oc2cccc(OC(F)(F)F)c2)c1. The Morgan fingerprint density at radius 1 is 0.720 bits per heavy atom. The predicted molar refractivity (Wildman–Crippen MR) is 86.7 cm³/mol. The van der Waals surface area contributed by atoms with Crippen LogP contribution in [0.15, 0.2) is 72.8 Å². The molecule has 0 fully saturated rings. The van der Waals surface area contributed by atoms with Gasteiger partial charge in [-0.25, -0.2) is 0 Å². The van der Waals surface area contributed by atoms with Crippen LogP contribution in [0.5, 0.6) is 23.0 Å². The van der Waals surface area contributed by atoms with Gasteiger partial charge in [0.15, 0.2) is 0 Å². The van der Waals surface area contributed by atoms with Gasteiger partial charge in [-0.1, -0.05) is 36.4 Å². The molecule has 0 saturated heterocycles. The van der Waals surface area contributed by atoms with Gasteiger partial charge in [0.1, 0.15) is 23.0 Å². The van der Waals surface area contributed by atoms with Crippen molar-refractivity contribution < 1.29 is 27.8 Å². The number of phenolic OH excluding ortho intramolecular Hbond substituents is 1. The van der Waals surface area contributed by atoms with E-state index in [9.17, 15) is 18.3 Å². The zero-order chi connectivity index (χ0) is 17.9. The van der Waals surface area contributed by atoms with Gasteiger partial charge in [0, 0.05) is 11.6 Å². The Morgan fingerprint density at radius 3 is 2.08 bits per heavy atom. The largest absolute Gasteiger partial charge is 0.573 e. The van der Waals surface area contributed by atoms with Crippen LogP contribution in [0.2, 0.25) is 0 Å². The van der Waals surface area contributed by atoms with Crippen LogP contribution in [0.1, 0.15) is 0 Å². The van der Waals surface area contributed by atoms with E-state index in [2.05, 4.69) is 4.74 Å². The Hall–Kier alpha value is -3.15. The van der Waals surface area contributed by atoms with Gasteiger partial charge < -0.3 is 14.6 Å². The molecule has 0 aliphatic heterocycles. The van der Waals surface area contributed by atoms with Crippen molar-refractivity contribution in [2.45, 2.75) is 6.36 Å². The summed E-state index contributed by atoms with van der Waals surface area (Å²) in [6, 6.07) is 19.0. The highest BCUT2D eigenvalue weighted by atomic mass is 19.4. The van der Waals surface area contributed by atoms with Crippen molar-refractivity contribution in [1.82, 2.24) is 0 Å². The van der Waals surface area contributed by atoms with Gasteiger partial charge in [0.25, 0.3) is 0 Å². The summed E-state index contributed by atoms with van der Waals surface area (Å²) in [7, 11) is 0. The molecule has 3 aromatic carbocycles. The predicted octanol–water partition coefficient (Wildman–Crippen LogP) is 5.75. The second-order valence-corrected chi connectivity index (χ2v) is 5.17. The number of ether oxygens (including phenoxy) is 2. The fraction of sp³-hybridized carbons (Fsp3) is 0.0526. The number of hydrogen-bond acceptors (Lipinski definition) is 3. The smallest absolute Gasteiger partial charge is 0.507 e. The van der Waals surface area contributed by atoms with Crippen LogP contribution >= 0.6 is 0 Å². The average molecular weight is 346 g/mol. The molecule has 3 nitrogen and oxygen atoms in total. The summed E-state index contributed by atoms with van der Waals surface area (Å²) in [5.41, 5.74) is 1.35. The van der Waals surface area contributed by atoms with Gasteiger partial charge in [-0.15, -0.1) is 13.2 Å². The van der Waals surface area contributed by atoms with Gasteiger partial charge in [-0.2, -0.15) is 0 Å². The van der Waals surface area contributed by atoms with Gasteiger partial charge in [-0.3, -0.25) is 0 Å². The third-order valence-electron chi connectivity index (χ3n) is 3.32. The highest BCUT2D eigenvalue weighted by Gasteiger charge is 2.31. The standard InChI is InChI=1S/C19H13F3O3/c20-19(21,22)25-16-8-4-7-15(12-16)24-14-6-3-5-13(11-14)17-9-1-2-10-18(17)23/h1-12,23H. The molecule has 0 atom stereocenters.